The van der Waals surface area contributed by atoms with Crippen molar-refractivity contribution in [1.82, 2.24) is 4.98 Å². The van der Waals surface area contributed by atoms with Gasteiger partial charge in [-0.3, -0.25) is 14.4 Å². The van der Waals surface area contributed by atoms with Crippen molar-refractivity contribution in [3.8, 4) is 0 Å². The third-order valence-corrected chi connectivity index (χ3v) is 5.23. The number of nitrogens with zero attached hydrogens (tertiary/aromatic N) is 1. The molecule has 3 aromatic rings. The molecule has 0 saturated heterocycles. The molecule has 0 spiro atoms. The number of pyridine rings is 1. The van der Waals surface area contributed by atoms with Crippen molar-refractivity contribution in [2.75, 3.05) is 16.0 Å². The first-order chi connectivity index (χ1) is 16.5. The zero-order valence-electron chi connectivity index (χ0n) is 19.3. The third-order valence-electron chi connectivity index (χ3n) is 5.23. The van der Waals surface area contributed by atoms with Crippen LogP contribution in [0.4, 0.5) is 17.2 Å². The summed E-state index contributed by atoms with van der Waals surface area (Å²) in [6, 6.07) is 18.7. The fourth-order valence-corrected chi connectivity index (χ4v) is 3.38. The molecule has 0 aliphatic heterocycles. The lowest BCUT2D eigenvalue weighted by Gasteiger charge is -2.09. The lowest BCUT2D eigenvalue weighted by molar-refractivity contribution is -0.116. The number of hydrogen-bond donors (Lipinski definition) is 3. The summed E-state index contributed by atoms with van der Waals surface area (Å²) in [7, 11) is 0. The minimum Gasteiger partial charge on any atom is -0.326 e. The summed E-state index contributed by atoms with van der Waals surface area (Å²) < 4.78 is 0. The van der Waals surface area contributed by atoms with Gasteiger partial charge in [-0.05, 0) is 61.0 Å². The Morgan fingerprint density at radius 2 is 1.47 bits per heavy atom. The molecule has 1 aromatic heterocycles. The van der Waals surface area contributed by atoms with Crippen molar-refractivity contribution in [2.24, 2.45) is 0 Å². The summed E-state index contributed by atoms with van der Waals surface area (Å²) in [6.07, 6.45) is 7.57. The van der Waals surface area contributed by atoms with Gasteiger partial charge in [-0.25, -0.2) is 4.98 Å². The number of carbonyl (C=O) groups excluding carboxylic acids is 3. The van der Waals surface area contributed by atoms with Crippen molar-refractivity contribution in [3.63, 3.8) is 0 Å². The Hall–Kier alpha value is -4.00. The standard InChI is InChI=1S/C27H30N4O3/c1-2-3-4-5-6-13-25(32)29-22-16-14-20(15-17-22)26(33)30-23-11-9-10-21(19-23)27(34)31-24-12-7-8-18-28-24/h7-12,14-19H,2-6,13H2,1H3,(H,29,32)(H,30,33)(H,28,31,34). The average molecular weight is 459 g/mol. The van der Waals surface area contributed by atoms with Gasteiger partial charge in [0, 0.05) is 35.1 Å². The van der Waals surface area contributed by atoms with Gasteiger partial charge in [0.1, 0.15) is 5.82 Å². The molecule has 0 aliphatic rings. The number of amides is 3. The first-order valence-corrected chi connectivity index (χ1v) is 11.6. The molecule has 1 heterocycles. The monoisotopic (exact) mass is 458 g/mol. The molecule has 0 saturated carbocycles. The van der Waals surface area contributed by atoms with Gasteiger partial charge in [-0.1, -0.05) is 44.7 Å². The van der Waals surface area contributed by atoms with Crippen LogP contribution in [0, 0.1) is 0 Å². The van der Waals surface area contributed by atoms with E-state index in [1.54, 1.807) is 72.9 Å². The Labute approximate surface area is 200 Å². The predicted molar refractivity (Wildman–Crippen MR) is 135 cm³/mol. The molecule has 176 valence electrons. The van der Waals surface area contributed by atoms with E-state index in [1.165, 1.54) is 12.8 Å². The molecule has 0 fully saturated rings. The SMILES string of the molecule is CCCCCCCC(=O)Nc1ccc(C(=O)Nc2cccc(C(=O)Nc3ccccn3)c2)cc1. The highest BCUT2D eigenvalue weighted by Gasteiger charge is 2.11. The zero-order valence-corrected chi connectivity index (χ0v) is 19.3. The van der Waals surface area contributed by atoms with Crippen molar-refractivity contribution < 1.29 is 14.4 Å². The van der Waals surface area contributed by atoms with Gasteiger partial charge in [0.25, 0.3) is 11.8 Å². The number of rotatable bonds is 11. The van der Waals surface area contributed by atoms with Crippen LogP contribution in [0.1, 0.15) is 66.2 Å². The van der Waals surface area contributed by atoms with E-state index < -0.39 is 0 Å². The van der Waals surface area contributed by atoms with Crippen LogP contribution >= 0.6 is 0 Å². The maximum Gasteiger partial charge on any atom is 0.256 e. The van der Waals surface area contributed by atoms with E-state index in [2.05, 4.69) is 27.9 Å². The first kappa shape index (κ1) is 24.6. The van der Waals surface area contributed by atoms with Gasteiger partial charge in [-0.2, -0.15) is 0 Å². The maximum absolute atomic E-state index is 12.6. The van der Waals surface area contributed by atoms with E-state index in [-0.39, 0.29) is 17.7 Å². The summed E-state index contributed by atoms with van der Waals surface area (Å²) in [4.78, 5) is 41.3. The second-order valence-corrected chi connectivity index (χ2v) is 7.99. The maximum atomic E-state index is 12.6. The molecule has 3 rings (SSSR count). The molecule has 34 heavy (non-hydrogen) atoms. The van der Waals surface area contributed by atoms with E-state index in [0.717, 1.165) is 19.3 Å². The van der Waals surface area contributed by atoms with E-state index in [4.69, 9.17) is 0 Å². The highest BCUT2D eigenvalue weighted by atomic mass is 16.2. The Balaban J connectivity index is 1.52. The van der Waals surface area contributed by atoms with Crippen molar-refractivity contribution in [2.45, 2.75) is 45.4 Å². The molecule has 2 aromatic carbocycles. The summed E-state index contributed by atoms with van der Waals surface area (Å²) in [5, 5.41) is 8.39. The topological polar surface area (TPSA) is 100 Å². The molecule has 0 radical (unpaired) electrons. The van der Waals surface area contributed by atoms with E-state index in [0.29, 0.717) is 34.7 Å². The zero-order chi connectivity index (χ0) is 24.2. The molecule has 7 nitrogen and oxygen atoms in total. The molecule has 3 amide bonds. The quantitative estimate of drug-likeness (QED) is 0.312. The second kappa shape index (κ2) is 12.9. The van der Waals surface area contributed by atoms with Gasteiger partial charge in [0.15, 0.2) is 0 Å². The fraction of sp³-hybridized carbons (Fsp3) is 0.259. The largest absolute Gasteiger partial charge is 0.326 e. The van der Waals surface area contributed by atoms with Gasteiger partial charge in [0.2, 0.25) is 5.91 Å². The molecule has 7 heteroatoms. The lowest BCUT2D eigenvalue weighted by Crippen LogP contribution is -2.15. The van der Waals surface area contributed by atoms with Gasteiger partial charge in [-0.15, -0.1) is 0 Å². The Morgan fingerprint density at radius 1 is 0.706 bits per heavy atom. The number of carbonyl (C=O) groups is 3. The summed E-state index contributed by atoms with van der Waals surface area (Å²) in [5.41, 5.74) is 2.00. The van der Waals surface area contributed by atoms with Crippen LogP contribution in [0.25, 0.3) is 0 Å². The Morgan fingerprint density at radius 3 is 2.21 bits per heavy atom. The van der Waals surface area contributed by atoms with Crippen LogP contribution in [-0.4, -0.2) is 22.7 Å². The molecule has 3 N–H and O–H groups in total. The normalized spacial score (nSPS) is 10.4. The molecule has 0 unspecified atom stereocenters. The van der Waals surface area contributed by atoms with Crippen molar-refractivity contribution >= 4 is 34.9 Å². The Bertz CT molecular complexity index is 1100. The number of nitrogens with one attached hydrogen (secondary N) is 3. The molecule has 0 bridgehead atoms. The van der Waals surface area contributed by atoms with Crippen LogP contribution in [0.15, 0.2) is 72.9 Å². The number of aromatic nitrogens is 1. The third kappa shape index (κ3) is 7.85. The second-order valence-electron chi connectivity index (χ2n) is 7.99. The van der Waals surface area contributed by atoms with Crippen LogP contribution in [-0.2, 0) is 4.79 Å². The average Bonchev–Trinajstić information content (AvgIpc) is 2.85. The summed E-state index contributed by atoms with van der Waals surface area (Å²) >= 11 is 0. The summed E-state index contributed by atoms with van der Waals surface area (Å²) in [6.45, 7) is 2.16. The highest BCUT2D eigenvalue weighted by Crippen LogP contribution is 2.16. The van der Waals surface area contributed by atoms with Crippen LogP contribution in [0.2, 0.25) is 0 Å². The number of hydrogen-bond acceptors (Lipinski definition) is 4. The van der Waals surface area contributed by atoms with E-state index in [9.17, 15) is 14.4 Å². The van der Waals surface area contributed by atoms with Crippen LogP contribution < -0.4 is 16.0 Å². The minimum atomic E-state index is -0.319. The summed E-state index contributed by atoms with van der Waals surface area (Å²) in [5.74, 6) is -0.198. The number of benzene rings is 2. The number of anilines is 3. The van der Waals surface area contributed by atoms with E-state index in [1.807, 2.05) is 0 Å². The Kier molecular flexibility index (Phi) is 9.34. The van der Waals surface area contributed by atoms with Crippen LogP contribution in [0.3, 0.4) is 0 Å². The fourth-order valence-electron chi connectivity index (χ4n) is 3.38. The number of unbranched alkanes of at least 4 members (excludes halogenated alkanes) is 4. The predicted octanol–water partition coefficient (Wildman–Crippen LogP) is 5.89. The van der Waals surface area contributed by atoms with E-state index >= 15 is 0 Å². The van der Waals surface area contributed by atoms with Crippen molar-refractivity contribution in [3.05, 3.63) is 84.1 Å². The minimum absolute atomic E-state index is 0.0190. The molecule has 0 aliphatic carbocycles. The van der Waals surface area contributed by atoms with Gasteiger partial charge < -0.3 is 16.0 Å². The first-order valence-electron chi connectivity index (χ1n) is 11.6. The molecule has 0 atom stereocenters. The smallest absolute Gasteiger partial charge is 0.256 e. The van der Waals surface area contributed by atoms with Gasteiger partial charge in [0.05, 0.1) is 0 Å². The molecular formula is C27H30N4O3. The van der Waals surface area contributed by atoms with Gasteiger partial charge >= 0.3 is 0 Å². The van der Waals surface area contributed by atoms with Crippen LogP contribution in [0.5, 0.6) is 0 Å². The molecular weight excluding hydrogens is 428 g/mol. The highest BCUT2D eigenvalue weighted by molar-refractivity contribution is 6.07. The lowest BCUT2D eigenvalue weighted by atomic mass is 10.1. The van der Waals surface area contributed by atoms with Crippen molar-refractivity contribution in [1.29, 1.82) is 0 Å².